The lowest BCUT2D eigenvalue weighted by Gasteiger charge is -2.16. The molecule has 1 heterocycles. The van der Waals surface area contributed by atoms with Crippen molar-refractivity contribution in [2.45, 2.75) is 26.8 Å². The zero-order valence-electron chi connectivity index (χ0n) is 10.7. The summed E-state index contributed by atoms with van der Waals surface area (Å²) in [5.41, 5.74) is 4.24. The summed E-state index contributed by atoms with van der Waals surface area (Å²) >= 11 is 3.54. The first-order valence-corrected chi connectivity index (χ1v) is 6.67. The molecule has 2 aromatic rings. The highest BCUT2D eigenvalue weighted by Gasteiger charge is 2.10. The van der Waals surface area contributed by atoms with Gasteiger partial charge in [-0.1, -0.05) is 22.0 Å². The normalized spacial score (nSPS) is 12.2. The van der Waals surface area contributed by atoms with Gasteiger partial charge in [0, 0.05) is 22.6 Å². The number of benzene rings is 1. The second-order valence-electron chi connectivity index (χ2n) is 4.36. The Hall–Kier alpha value is -1.42. The largest absolute Gasteiger partial charge is 0.377 e. The predicted molar refractivity (Wildman–Crippen MR) is 77.7 cm³/mol. The van der Waals surface area contributed by atoms with Gasteiger partial charge < -0.3 is 5.32 Å². The summed E-state index contributed by atoms with van der Waals surface area (Å²) in [7, 11) is 0. The van der Waals surface area contributed by atoms with E-state index in [4.69, 9.17) is 0 Å². The van der Waals surface area contributed by atoms with Crippen LogP contribution in [0.15, 0.2) is 35.1 Å². The molecular formula is C14H16BrN3. The number of hydrogen-bond donors (Lipinski definition) is 1. The zero-order chi connectivity index (χ0) is 13.1. The van der Waals surface area contributed by atoms with Gasteiger partial charge in [0.25, 0.3) is 0 Å². The third-order valence-electron chi connectivity index (χ3n) is 2.88. The Labute approximate surface area is 116 Å². The molecule has 0 bridgehead atoms. The summed E-state index contributed by atoms with van der Waals surface area (Å²) in [6, 6.07) is 6.37. The number of hydrogen-bond acceptors (Lipinski definition) is 3. The number of nitrogens with zero attached hydrogens (tertiary/aromatic N) is 2. The van der Waals surface area contributed by atoms with Crippen molar-refractivity contribution in [2.24, 2.45) is 0 Å². The van der Waals surface area contributed by atoms with Crippen LogP contribution in [0.2, 0.25) is 0 Å². The summed E-state index contributed by atoms with van der Waals surface area (Å²) in [5.74, 6) is 0. The highest BCUT2D eigenvalue weighted by Crippen LogP contribution is 2.24. The molecule has 1 aromatic carbocycles. The minimum Gasteiger partial charge on any atom is -0.377 e. The number of aromatic nitrogens is 2. The quantitative estimate of drug-likeness (QED) is 0.930. The third-order valence-corrected chi connectivity index (χ3v) is 3.74. The highest BCUT2D eigenvalue weighted by molar-refractivity contribution is 9.10. The lowest BCUT2D eigenvalue weighted by Crippen LogP contribution is -2.11. The Morgan fingerprint density at radius 1 is 1.17 bits per heavy atom. The smallest absolute Gasteiger partial charge is 0.0835 e. The van der Waals surface area contributed by atoms with Gasteiger partial charge in [-0.15, -0.1) is 0 Å². The molecular weight excluding hydrogens is 290 g/mol. The van der Waals surface area contributed by atoms with Crippen molar-refractivity contribution in [2.75, 3.05) is 5.32 Å². The molecule has 0 aliphatic rings. The number of halogens is 1. The van der Waals surface area contributed by atoms with E-state index in [1.807, 2.05) is 6.92 Å². The fourth-order valence-electron chi connectivity index (χ4n) is 1.84. The van der Waals surface area contributed by atoms with Gasteiger partial charge in [-0.05, 0) is 38.5 Å². The van der Waals surface area contributed by atoms with E-state index in [9.17, 15) is 0 Å². The van der Waals surface area contributed by atoms with Gasteiger partial charge in [-0.3, -0.25) is 9.97 Å². The Kier molecular flexibility index (Phi) is 3.97. The Morgan fingerprint density at radius 3 is 2.56 bits per heavy atom. The van der Waals surface area contributed by atoms with Crippen molar-refractivity contribution in [1.29, 1.82) is 0 Å². The molecule has 1 aromatic heterocycles. The van der Waals surface area contributed by atoms with E-state index < -0.39 is 0 Å². The van der Waals surface area contributed by atoms with Crippen LogP contribution in [0, 0.1) is 13.8 Å². The lowest BCUT2D eigenvalue weighted by atomic mass is 10.1. The van der Waals surface area contributed by atoms with E-state index in [1.165, 1.54) is 5.56 Å². The molecule has 2 rings (SSSR count). The number of nitrogens with one attached hydrogen (secondary N) is 1. The molecule has 4 heteroatoms. The molecule has 18 heavy (non-hydrogen) atoms. The van der Waals surface area contributed by atoms with E-state index in [-0.39, 0.29) is 6.04 Å². The van der Waals surface area contributed by atoms with Gasteiger partial charge in [-0.2, -0.15) is 0 Å². The molecule has 0 saturated carbocycles. The molecule has 1 atom stereocenters. The molecule has 0 fully saturated rings. The van der Waals surface area contributed by atoms with Crippen molar-refractivity contribution in [3.63, 3.8) is 0 Å². The number of rotatable bonds is 3. The zero-order valence-corrected chi connectivity index (χ0v) is 12.3. The maximum absolute atomic E-state index is 4.38. The molecule has 94 valence electrons. The standard InChI is InChI=1S/C14H16BrN3/c1-9-4-5-12(8-13(9)15)18-11(3)14-10(2)16-6-7-17-14/h4-8,11,18H,1-3H3. The van der Waals surface area contributed by atoms with Crippen LogP contribution in [0.1, 0.15) is 29.9 Å². The van der Waals surface area contributed by atoms with Gasteiger partial charge in [0.15, 0.2) is 0 Å². The topological polar surface area (TPSA) is 37.8 Å². The van der Waals surface area contributed by atoms with Crippen LogP contribution < -0.4 is 5.32 Å². The van der Waals surface area contributed by atoms with Crippen molar-refractivity contribution in [3.05, 3.63) is 52.0 Å². The van der Waals surface area contributed by atoms with Crippen molar-refractivity contribution in [1.82, 2.24) is 9.97 Å². The van der Waals surface area contributed by atoms with Crippen LogP contribution in [-0.4, -0.2) is 9.97 Å². The maximum atomic E-state index is 4.38. The van der Waals surface area contributed by atoms with Gasteiger partial charge in [0.2, 0.25) is 0 Å². The average molecular weight is 306 g/mol. The first kappa shape index (κ1) is 13.0. The van der Waals surface area contributed by atoms with E-state index >= 15 is 0 Å². The fraction of sp³-hybridized carbons (Fsp3) is 0.286. The Bertz CT molecular complexity index is 554. The minimum atomic E-state index is 0.133. The summed E-state index contributed by atoms with van der Waals surface area (Å²) in [4.78, 5) is 8.64. The second-order valence-corrected chi connectivity index (χ2v) is 5.21. The van der Waals surface area contributed by atoms with E-state index in [1.54, 1.807) is 12.4 Å². The number of anilines is 1. The fourth-order valence-corrected chi connectivity index (χ4v) is 2.22. The van der Waals surface area contributed by atoms with E-state index in [0.29, 0.717) is 0 Å². The van der Waals surface area contributed by atoms with Crippen LogP contribution in [-0.2, 0) is 0 Å². The second kappa shape index (κ2) is 5.48. The summed E-state index contributed by atoms with van der Waals surface area (Å²) in [6.45, 7) is 6.14. The van der Waals surface area contributed by atoms with E-state index in [2.05, 4.69) is 63.3 Å². The molecule has 3 nitrogen and oxygen atoms in total. The maximum Gasteiger partial charge on any atom is 0.0835 e. The predicted octanol–water partition coefficient (Wildman–Crippen LogP) is 4.03. The van der Waals surface area contributed by atoms with Crippen LogP contribution in [0.4, 0.5) is 5.69 Å². The summed E-state index contributed by atoms with van der Waals surface area (Å²) in [5, 5.41) is 3.43. The molecule has 0 saturated heterocycles. The summed E-state index contributed by atoms with van der Waals surface area (Å²) < 4.78 is 1.11. The minimum absolute atomic E-state index is 0.133. The molecule has 1 unspecified atom stereocenters. The highest BCUT2D eigenvalue weighted by atomic mass is 79.9. The Morgan fingerprint density at radius 2 is 1.89 bits per heavy atom. The molecule has 0 radical (unpaired) electrons. The first-order valence-electron chi connectivity index (χ1n) is 5.88. The molecule has 0 aliphatic carbocycles. The van der Waals surface area contributed by atoms with Gasteiger partial charge in [0.05, 0.1) is 17.4 Å². The van der Waals surface area contributed by atoms with Crippen LogP contribution in [0.25, 0.3) is 0 Å². The van der Waals surface area contributed by atoms with E-state index in [0.717, 1.165) is 21.5 Å². The van der Waals surface area contributed by atoms with Crippen molar-refractivity contribution >= 4 is 21.6 Å². The molecule has 0 spiro atoms. The van der Waals surface area contributed by atoms with Crippen LogP contribution in [0.5, 0.6) is 0 Å². The molecule has 1 N–H and O–H groups in total. The SMILES string of the molecule is Cc1ccc(NC(C)c2nccnc2C)cc1Br. The van der Waals surface area contributed by atoms with Gasteiger partial charge in [-0.25, -0.2) is 0 Å². The Balaban J connectivity index is 2.19. The third kappa shape index (κ3) is 2.88. The number of aryl methyl sites for hydroxylation is 2. The van der Waals surface area contributed by atoms with Gasteiger partial charge in [0.1, 0.15) is 0 Å². The van der Waals surface area contributed by atoms with Crippen molar-refractivity contribution < 1.29 is 0 Å². The average Bonchev–Trinajstić information content (AvgIpc) is 2.34. The van der Waals surface area contributed by atoms with Crippen molar-refractivity contribution in [3.8, 4) is 0 Å². The first-order chi connectivity index (χ1) is 8.58. The monoisotopic (exact) mass is 305 g/mol. The van der Waals surface area contributed by atoms with Gasteiger partial charge >= 0.3 is 0 Å². The van der Waals surface area contributed by atoms with Crippen LogP contribution >= 0.6 is 15.9 Å². The summed E-state index contributed by atoms with van der Waals surface area (Å²) in [6.07, 6.45) is 3.44. The lowest BCUT2D eigenvalue weighted by molar-refractivity contribution is 0.810. The molecule has 0 aliphatic heterocycles. The molecule has 0 amide bonds. The van der Waals surface area contributed by atoms with Crippen LogP contribution in [0.3, 0.4) is 0 Å².